The van der Waals surface area contributed by atoms with Crippen molar-refractivity contribution in [3.8, 4) is 22.7 Å². The van der Waals surface area contributed by atoms with Gasteiger partial charge in [-0.15, -0.1) is 0 Å². The highest BCUT2D eigenvalue weighted by Crippen LogP contribution is 2.30. The Bertz CT molecular complexity index is 1770. The van der Waals surface area contributed by atoms with E-state index >= 15 is 0 Å². The zero-order valence-electron chi connectivity index (χ0n) is 22.5. The molecular weight excluding hydrogens is 508 g/mol. The zero-order valence-corrected chi connectivity index (χ0v) is 22.5. The lowest BCUT2D eigenvalue weighted by atomic mass is 10.0. The summed E-state index contributed by atoms with van der Waals surface area (Å²) < 4.78 is 6.87. The van der Waals surface area contributed by atoms with Crippen molar-refractivity contribution in [1.29, 1.82) is 0 Å². The fraction of sp³-hybridized carbons (Fsp3) is 0.172. The van der Waals surface area contributed by atoms with Crippen LogP contribution in [-0.2, 0) is 0 Å². The molecule has 0 unspecified atom stereocenters. The number of fused-ring (bicyclic) bond motifs is 1. The molecule has 0 fully saturated rings. The predicted molar refractivity (Wildman–Crippen MR) is 154 cm³/mol. The second kappa shape index (κ2) is 10.8. The van der Waals surface area contributed by atoms with Gasteiger partial charge in [0.05, 0.1) is 29.7 Å². The maximum Gasteiger partial charge on any atom is 0.266 e. The summed E-state index contributed by atoms with van der Waals surface area (Å²) in [5.74, 6) is 0.819. The molecule has 1 atom stereocenters. The Morgan fingerprint density at radius 1 is 1.05 bits per heavy atom. The third-order valence-electron chi connectivity index (χ3n) is 6.38. The SMILES string of the molecule is COc1cc(-c2cccc3nc([C@@H](C)Nc4nc(N)ncc4C(=O)N(C)C)n(-c4ccccc4)c(=O)c23)ccn1. The number of nitrogens with one attached hydrogen (secondary N) is 1. The number of nitrogens with zero attached hydrogens (tertiary/aromatic N) is 6. The smallest absolute Gasteiger partial charge is 0.266 e. The van der Waals surface area contributed by atoms with Crippen molar-refractivity contribution >= 4 is 28.6 Å². The van der Waals surface area contributed by atoms with Crippen molar-refractivity contribution in [2.24, 2.45) is 0 Å². The van der Waals surface area contributed by atoms with Crippen LogP contribution in [0.25, 0.3) is 27.7 Å². The van der Waals surface area contributed by atoms with Crippen LogP contribution in [0, 0.1) is 0 Å². The second-order valence-corrected chi connectivity index (χ2v) is 9.29. The molecule has 3 heterocycles. The highest BCUT2D eigenvalue weighted by Gasteiger charge is 2.23. The van der Waals surface area contributed by atoms with E-state index in [0.29, 0.717) is 33.9 Å². The van der Waals surface area contributed by atoms with E-state index in [1.54, 1.807) is 44.1 Å². The molecule has 2 aromatic carbocycles. The molecule has 0 saturated carbocycles. The van der Waals surface area contributed by atoms with E-state index in [0.717, 1.165) is 5.56 Å². The second-order valence-electron chi connectivity index (χ2n) is 9.29. The fourth-order valence-electron chi connectivity index (χ4n) is 4.47. The van der Waals surface area contributed by atoms with Gasteiger partial charge in [0.2, 0.25) is 11.8 Å². The van der Waals surface area contributed by atoms with E-state index in [2.05, 4.69) is 20.3 Å². The van der Waals surface area contributed by atoms with Crippen LogP contribution in [0.3, 0.4) is 0 Å². The number of para-hydroxylation sites is 1. The van der Waals surface area contributed by atoms with Crippen molar-refractivity contribution < 1.29 is 9.53 Å². The lowest BCUT2D eigenvalue weighted by Crippen LogP contribution is -2.29. The fourth-order valence-corrected chi connectivity index (χ4v) is 4.47. The number of nitrogens with two attached hydrogens (primary N) is 1. The maximum atomic E-state index is 14.3. The molecule has 11 nitrogen and oxygen atoms in total. The van der Waals surface area contributed by atoms with Crippen molar-refractivity contribution in [2.75, 3.05) is 32.3 Å². The van der Waals surface area contributed by atoms with Gasteiger partial charge >= 0.3 is 0 Å². The van der Waals surface area contributed by atoms with Crippen LogP contribution in [0.4, 0.5) is 11.8 Å². The minimum atomic E-state index is -0.565. The minimum absolute atomic E-state index is 0.00866. The number of nitrogen functional groups attached to an aromatic ring is 1. The van der Waals surface area contributed by atoms with Gasteiger partial charge in [-0.1, -0.05) is 30.3 Å². The molecular formula is C29H28N8O3. The molecule has 0 aliphatic carbocycles. The molecule has 0 spiro atoms. The van der Waals surface area contributed by atoms with Crippen LogP contribution in [0.1, 0.15) is 29.1 Å². The van der Waals surface area contributed by atoms with Gasteiger partial charge in [0, 0.05) is 32.6 Å². The van der Waals surface area contributed by atoms with E-state index in [4.69, 9.17) is 15.5 Å². The molecule has 3 N–H and O–H groups in total. The molecule has 3 aromatic heterocycles. The first-order valence-electron chi connectivity index (χ1n) is 12.5. The number of aromatic nitrogens is 5. The van der Waals surface area contributed by atoms with Crippen LogP contribution < -0.4 is 21.3 Å². The predicted octanol–water partition coefficient (Wildman–Crippen LogP) is 3.70. The quantitative estimate of drug-likeness (QED) is 0.318. The van der Waals surface area contributed by atoms with Crippen LogP contribution in [0.15, 0.2) is 77.9 Å². The molecule has 0 bridgehead atoms. The number of hydrogen-bond donors (Lipinski definition) is 2. The van der Waals surface area contributed by atoms with Gasteiger partial charge in [0.1, 0.15) is 17.2 Å². The highest BCUT2D eigenvalue weighted by atomic mass is 16.5. The van der Waals surface area contributed by atoms with Gasteiger partial charge in [-0.2, -0.15) is 4.98 Å². The average molecular weight is 537 g/mol. The summed E-state index contributed by atoms with van der Waals surface area (Å²) in [4.78, 5) is 46.0. The number of carbonyl (C=O) groups is 1. The number of pyridine rings is 1. The summed E-state index contributed by atoms with van der Waals surface area (Å²) in [6.07, 6.45) is 3.02. The first-order valence-corrected chi connectivity index (χ1v) is 12.5. The summed E-state index contributed by atoms with van der Waals surface area (Å²) >= 11 is 0. The first kappa shape index (κ1) is 26.3. The highest BCUT2D eigenvalue weighted by molar-refractivity contribution is 5.98. The van der Waals surface area contributed by atoms with Crippen molar-refractivity contribution in [3.63, 3.8) is 0 Å². The lowest BCUT2D eigenvalue weighted by Gasteiger charge is -2.22. The molecule has 0 aliphatic heterocycles. The van der Waals surface area contributed by atoms with E-state index in [9.17, 15) is 9.59 Å². The Hall–Kier alpha value is -5.32. The Morgan fingerprint density at radius 2 is 1.82 bits per heavy atom. The third kappa shape index (κ3) is 4.92. The Balaban J connectivity index is 1.72. The Labute approximate surface area is 230 Å². The molecule has 5 rings (SSSR count). The van der Waals surface area contributed by atoms with E-state index < -0.39 is 6.04 Å². The number of anilines is 2. The van der Waals surface area contributed by atoms with E-state index in [-0.39, 0.29) is 28.8 Å². The monoisotopic (exact) mass is 536 g/mol. The van der Waals surface area contributed by atoms with Crippen LogP contribution in [-0.4, -0.2) is 56.5 Å². The number of rotatable bonds is 7. The summed E-state index contributed by atoms with van der Waals surface area (Å²) in [7, 11) is 4.82. The van der Waals surface area contributed by atoms with Gasteiger partial charge in [-0.3, -0.25) is 14.2 Å². The molecule has 0 radical (unpaired) electrons. The Morgan fingerprint density at radius 3 is 2.55 bits per heavy atom. The normalized spacial score (nSPS) is 11.7. The molecule has 11 heteroatoms. The maximum absolute atomic E-state index is 14.3. The topological polar surface area (TPSA) is 141 Å². The molecule has 0 aliphatic rings. The number of amides is 1. The molecule has 40 heavy (non-hydrogen) atoms. The summed E-state index contributed by atoms with van der Waals surface area (Å²) in [6.45, 7) is 1.84. The van der Waals surface area contributed by atoms with Gasteiger partial charge in [-0.25, -0.2) is 15.0 Å². The molecule has 5 aromatic rings. The van der Waals surface area contributed by atoms with E-state index in [1.165, 1.54) is 11.1 Å². The van der Waals surface area contributed by atoms with Gasteiger partial charge in [0.25, 0.3) is 11.5 Å². The van der Waals surface area contributed by atoms with Gasteiger partial charge < -0.3 is 20.7 Å². The van der Waals surface area contributed by atoms with Crippen LogP contribution in [0.5, 0.6) is 5.88 Å². The summed E-state index contributed by atoms with van der Waals surface area (Å²) in [6, 6.07) is 17.8. The number of carbonyl (C=O) groups excluding carboxylic acids is 1. The average Bonchev–Trinajstić information content (AvgIpc) is 2.97. The number of benzene rings is 2. The van der Waals surface area contributed by atoms with Crippen LogP contribution in [0.2, 0.25) is 0 Å². The summed E-state index contributed by atoms with van der Waals surface area (Å²) in [5.41, 5.74) is 8.48. The number of methoxy groups -OCH3 is 1. The lowest BCUT2D eigenvalue weighted by molar-refractivity contribution is 0.0827. The van der Waals surface area contributed by atoms with E-state index in [1.807, 2.05) is 55.5 Å². The zero-order chi connectivity index (χ0) is 28.4. The standard InChI is InChI=1S/C29H28N8O3/c1-17(33-25-21(27(38)36(2)3)16-32-29(30)35-25)26-34-22-12-8-11-20(18-13-14-31-23(15-18)40-4)24(22)28(39)37(26)19-9-6-5-7-10-19/h5-17H,1-4H3,(H3,30,32,33,35)/t17-/m1/s1. The van der Waals surface area contributed by atoms with Crippen molar-refractivity contribution in [3.05, 3.63) is 94.8 Å². The van der Waals surface area contributed by atoms with Crippen molar-refractivity contribution in [2.45, 2.75) is 13.0 Å². The summed E-state index contributed by atoms with van der Waals surface area (Å²) in [5, 5.41) is 3.69. The molecule has 1 amide bonds. The van der Waals surface area contributed by atoms with Crippen LogP contribution >= 0.6 is 0 Å². The Kier molecular flexibility index (Phi) is 7.11. The molecule has 202 valence electrons. The van der Waals surface area contributed by atoms with Gasteiger partial charge in [-0.05, 0) is 42.3 Å². The third-order valence-corrected chi connectivity index (χ3v) is 6.38. The number of ether oxygens (including phenoxy) is 1. The first-order chi connectivity index (χ1) is 19.3. The number of hydrogen-bond acceptors (Lipinski definition) is 9. The molecule has 0 saturated heterocycles. The largest absolute Gasteiger partial charge is 0.481 e. The van der Waals surface area contributed by atoms with Crippen molar-refractivity contribution in [1.82, 2.24) is 29.4 Å². The minimum Gasteiger partial charge on any atom is -0.481 e. The van der Waals surface area contributed by atoms with Gasteiger partial charge in [0.15, 0.2) is 0 Å².